The first-order chi connectivity index (χ1) is 11.8. The smallest absolute Gasteiger partial charge is 0.416 e. The maximum absolute atomic E-state index is 12.8. The maximum Gasteiger partial charge on any atom is 0.416 e. The number of halogens is 5. The molecular weight excluding hydrogens is 374 g/mol. The highest BCUT2D eigenvalue weighted by molar-refractivity contribution is 6.35. The molecule has 1 heterocycles. The van der Waals surface area contributed by atoms with E-state index in [9.17, 15) is 13.2 Å². The molecule has 0 radical (unpaired) electrons. The van der Waals surface area contributed by atoms with Crippen LogP contribution < -0.4 is 5.32 Å². The van der Waals surface area contributed by atoms with Crippen molar-refractivity contribution < 1.29 is 17.6 Å². The summed E-state index contributed by atoms with van der Waals surface area (Å²) in [7, 11) is 0. The van der Waals surface area contributed by atoms with Crippen LogP contribution in [0.3, 0.4) is 0 Å². The fourth-order valence-corrected chi connectivity index (χ4v) is 2.85. The molecule has 7 heteroatoms. The molecule has 130 valence electrons. The molecule has 1 aromatic heterocycles. The summed E-state index contributed by atoms with van der Waals surface area (Å²) in [5.41, 5.74) is 0.371. The maximum atomic E-state index is 12.8. The summed E-state index contributed by atoms with van der Waals surface area (Å²) in [6.07, 6.45) is -4.39. The molecule has 0 spiro atoms. The molecule has 0 saturated heterocycles. The highest BCUT2D eigenvalue weighted by Gasteiger charge is 2.30. The highest BCUT2D eigenvalue weighted by Crippen LogP contribution is 2.32. The van der Waals surface area contributed by atoms with E-state index in [1.54, 1.807) is 36.4 Å². The largest absolute Gasteiger partial charge is 0.459 e. The lowest BCUT2D eigenvalue weighted by Gasteiger charge is -2.08. The standard InChI is InChI=1S/C18H12Cl2F3NO/c19-13-7-14(20)9-15(8-13)24-10-16-4-5-17(25-16)11-2-1-3-12(6-11)18(21,22)23/h1-9,24H,10H2. The molecular formula is C18H12Cl2F3NO. The Bertz CT molecular complexity index is 870. The molecule has 0 bridgehead atoms. The highest BCUT2D eigenvalue weighted by atomic mass is 35.5. The van der Waals surface area contributed by atoms with Crippen LogP contribution in [-0.2, 0) is 12.7 Å². The van der Waals surface area contributed by atoms with E-state index in [0.29, 0.717) is 33.7 Å². The predicted octanol–water partition coefficient (Wildman–Crippen LogP) is 6.88. The zero-order valence-electron chi connectivity index (χ0n) is 12.7. The van der Waals surface area contributed by atoms with Crippen LogP contribution in [0.15, 0.2) is 59.0 Å². The van der Waals surface area contributed by atoms with Gasteiger partial charge in [-0.25, -0.2) is 0 Å². The number of hydrogen-bond donors (Lipinski definition) is 1. The summed E-state index contributed by atoms with van der Waals surface area (Å²) in [5.74, 6) is 0.940. The Morgan fingerprint density at radius 3 is 2.32 bits per heavy atom. The lowest BCUT2D eigenvalue weighted by Crippen LogP contribution is -2.04. The lowest BCUT2D eigenvalue weighted by molar-refractivity contribution is -0.137. The van der Waals surface area contributed by atoms with Gasteiger partial charge in [0.15, 0.2) is 0 Å². The van der Waals surface area contributed by atoms with Gasteiger partial charge in [-0.2, -0.15) is 13.2 Å². The molecule has 0 aliphatic carbocycles. The second kappa shape index (κ2) is 7.02. The van der Waals surface area contributed by atoms with Gasteiger partial charge in [0.25, 0.3) is 0 Å². The zero-order valence-corrected chi connectivity index (χ0v) is 14.2. The molecule has 2 aromatic carbocycles. The van der Waals surface area contributed by atoms with Crippen LogP contribution in [0.2, 0.25) is 10.0 Å². The van der Waals surface area contributed by atoms with E-state index in [1.165, 1.54) is 6.07 Å². The number of nitrogens with one attached hydrogen (secondary N) is 1. The molecule has 0 atom stereocenters. The Balaban J connectivity index is 1.74. The molecule has 0 saturated carbocycles. The topological polar surface area (TPSA) is 25.2 Å². The molecule has 3 aromatic rings. The van der Waals surface area contributed by atoms with E-state index in [0.717, 1.165) is 17.8 Å². The molecule has 0 fully saturated rings. The first-order valence-electron chi connectivity index (χ1n) is 7.27. The minimum absolute atomic E-state index is 0.343. The first-order valence-corrected chi connectivity index (χ1v) is 8.03. The molecule has 0 amide bonds. The molecule has 1 N–H and O–H groups in total. The molecule has 2 nitrogen and oxygen atoms in total. The Hall–Kier alpha value is -2.11. The van der Waals surface area contributed by atoms with Gasteiger partial charge in [-0.15, -0.1) is 0 Å². The van der Waals surface area contributed by atoms with Crippen molar-refractivity contribution >= 4 is 28.9 Å². The SMILES string of the molecule is FC(F)(F)c1cccc(-c2ccc(CNc3cc(Cl)cc(Cl)c3)o2)c1. The third kappa shape index (κ3) is 4.50. The third-order valence-corrected chi connectivity index (χ3v) is 3.90. The van der Waals surface area contributed by atoms with Crippen LogP contribution in [-0.4, -0.2) is 0 Å². The van der Waals surface area contributed by atoms with E-state index in [2.05, 4.69) is 5.32 Å². The van der Waals surface area contributed by atoms with Crippen molar-refractivity contribution in [2.45, 2.75) is 12.7 Å². The quantitative estimate of drug-likeness (QED) is 0.529. The number of anilines is 1. The van der Waals surface area contributed by atoms with Crippen LogP contribution in [0.5, 0.6) is 0 Å². The van der Waals surface area contributed by atoms with Crippen molar-refractivity contribution in [1.82, 2.24) is 0 Å². The monoisotopic (exact) mass is 385 g/mol. The summed E-state index contributed by atoms with van der Waals surface area (Å²) < 4.78 is 44.0. The summed E-state index contributed by atoms with van der Waals surface area (Å²) in [6, 6.07) is 13.4. The number of furan rings is 1. The summed E-state index contributed by atoms with van der Waals surface area (Å²) in [6.45, 7) is 0.343. The van der Waals surface area contributed by atoms with E-state index in [-0.39, 0.29) is 0 Å². The molecule has 3 rings (SSSR count). The van der Waals surface area contributed by atoms with E-state index in [1.807, 2.05) is 0 Å². The van der Waals surface area contributed by atoms with E-state index >= 15 is 0 Å². The number of rotatable bonds is 4. The summed E-state index contributed by atoms with van der Waals surface area (Å²) in [5, 5.41) is 4.10. The van der Waals surface area contributed by atoms with Gasteiger partial charge in [-0.05, 0) is 42.5 Å². The van der Waals surface area contributed by atoms with Crippen LogP contribution in [0.4, 0.5) is 18.9 Å². The van der Waals surface area contributed by atoms with Gasteiger partial charge in [0.05, 0.1) is 12.1 Å². The van der Waals surface area contributed by atoms with Crippen LogP contribution in [0.25, 0.3) is 11.3 Å². The Kier molecular flexibility index (Phi) is 4.97. The lowest BCUT2D eigenvalue weighted by atomic mass is 10.1. The summed E-state index contributed by atoms with van der Waals surface area (Å²) in [4.78, 5) is 0. The average molecular weight is 386 g/mol. The van der Waals surface area contributed by atoms with Crippen molar-refractivity contribution in [1.29, 1.82) is 0 Å². The van der Waals surface area contributed by atoms with Crippen molar-refractivity contribution in [3.05, 3.63) is 76.0 Å². The fraction of sp³-hybridized carbons (Fsp3) is 0.111. The fourth-order valence-electron chi connectivity index (χ4n) is 2.32. The molecule has 25 heavy (non-hydrogen) atoms. The number of alkyl halides is 3. The van der Waals surface area contributed by atoms with Crippen molar-refractivity contribution in [2.75, 3.05) is 5.32 Å². The summed E-state index contributed by atoms with van der Waals surface area (Å²) >= 11 is 11.9. The predicted molar refractivity (Wildman–Crippen MR) is 92.9 cm³/mol. The Morgan fingerprint density at radius 1 is 0.920 bits per heavy atom. The minimum atomic E-state index is -4.39. The van der Waals surface area contributed by atoms with Crippen molar-refractivity contribution in [3.63, 3.8) is 0 Å². The van der Waals surface area contributed by atoms with E-state index in [4.69, 9.17) is 27.6 Å². The van der Waals surface area contributed by atoms with Gasteiger partial charge in [0, 0.05) is 21.3 Å². The van der Waals surface area contributed by atoms with E-state index < -0.39 is 11.7 Å². The van der Waals surface area contributed by atoms with Gasteiger partial charge in [0.2, 0.25) is 0 Å². The zero-order chi connectivity index (χ0) is 18.0. The Labute approximate surface area is 152 Å². The van der Waals surface area contributed by atoms with Crippen molar-refractivity contribution in [2.24, 2.45) is 0 Å². The van der Waals surface area contributed by atoms with Gasteiger partial charge in [-0.1, -0.05) is 35.3 Å². The van der Waals surface area contributed by atoms with Crippen LogP contribution in [0, 0.1) is 0 Å². The third-order valence-electron chi connectivity index (χ3n) is 3.47. The Morgan fingerprint density at radius 2 is 1.64 bits per heavy atom. The minimum Gasteiger partial charge on any atom is -0.459 e. The second-order valence-corrected chi connectivity index (χ2v) is 6.23. The number of benzene rings is 2. The first kappa shape index (κ1) is 17.7. The van der Waals surface area contributed by atoms with Gasteiger partial charge >= 0.3 is 6.18 Å². The van der Waals surface area contributed by atoms with Crippen LogP contribution >= 0.6 is 23.2 Å². The van der Waals surface area contributed by atoms with Gasteiger partial charge < -0.3 is 9.73 Å². The second-order valence-electron chi connectivity index (χ2n) is 5.36. The van der Waals surface area contributed by atoms with Gasteiger partial charge in [0.1, 0.15) is 11.5 Å². The van der Waals surface area contributed by atoms with Crippen molar-refractivity contribution in [3.8, 4) is 11.3 Å². The number of hydrogen-bond acceptors (Lipinski definition) is 2. The average Bonchev–Trinajstić information content (AvgIpc) is 3.00. The molecule has 0 aliphatic rings. The van der Waals surface area contributed by atoms with Crippen LogP contribution in [0.1, 0.15) is 11.3 Å². The van der Waals surface area contributed by atoms with Gasteiger partial charge in [-0.3, -0.25) is 0 Å². The molecule has 0 unspecified atom stereocenters. The normalized spacial score (nSPS) is 11.6. The molecule has 0 aliphatic heterocycles.